The van der Waals surface area contributed by atoms with Gasteiger partial charge in [0.1, 0.15) is 0 Å². The summed E-state index contributed by atoms with van der Waals surface area (Å²) < 4.78 is 37.2. The molecule has 2 aliphatic heterocycles. The minimum Gasteiger partial charge on any atom is -0.726 e. The maximum absolute atomic E-state index is 12.4. The van der Waals surface area contributed by atoms with E-state index in [1.807, 2.05) is 0 Å². The number of carbonyl (C=O) groups excluding carboxylic acids is 3. The van der Waals surface area contributed by atoms with E-state index in [1.165, 1.54) is 32.4 Å². The maximum atomic E-state index is 12.4. The van der Waals surface area contributed by atoms with Crippen LogP contribution < -0.4 is 69.5 Å². The third kappa shape index (κ3) is 6.30. The number of amides is 2. The first-order valence-electron chi connectivity index (χ1n) is 7.38. The summed E-state index contributed by atoms with van der Waals surface area (Å²) in [6, 6.07) is -0.663. The summed E-state index contributed by atoms with van der Waals surface area (Å²) in [5.41, 5.74) is -1.93. The predicted molar refractivity (Wildman–Crippen MR) is 86.2 cm³/mol. The fourth-order valence-corrected chi connectivity index (χ4v) is 4.60. The summed E-state index contributed by atoms with van der Waals surface area (Å²) in [4.78, 5) is 36.0. The first-order chi connectivity index (χ1) is 11.8. The summed E-state index contributed by atoms with van der Waals surface area (Å²) in [5.74, 6) is -3.52. The molecule has 0 aromatic carbocycles. The van der Waals surface area contributed by atoms with E-state index in [1.54, 1.807) is 0 Å². The van der Waals surface area contributed by atoms with Gasteiger partial charge in [-0.3, -0.25) is 13.8 Å². The molecule has 1 N–H and O–H groups in total. The van der Waals surface area contributed by atoms with Gasteiger partial charge in [-0.15, -0.1) is 0 Å². The van der Waals surface area contributed by atoms with Crippen molar-refractivity contribution in [2.45, 2.75) is 38.8 Å². The van der Waals surface area contributed by atoms with Crippen LogP contribution in [0.15, 0.2) is 22.2 Å². The molecule has 10 nitrogen and oxygen atoms in total. The molecule has 0 aromatic heterocycles. The number of carbonyl (C=O) groups is 3. The zero-order chi connectivity index (χ0) is 19.9. The molecule has 0 bridgehead atoms. The van der Waals surface area contributed by atoms with Crippen molar-refractivity contribution in [3.63, 3.8) is 0 Å². The molecule has 144 valence electrons. The van der Waals surface area contributed by atoms with Crippen LogP contribution in [-0.2, 0) is 29.0 Å². The Morgan fingerprint density at radius 3 is 2.39 bits per heavy atom. The number of aliphatic carboxylic acids is 1. The smallest absolute Gasteiger partial charge is 0.726 e. The van der Waals surface area contributed by atoms with Crippen LogP contribution in [0.3, 0.4) is 0 Å². The molecule has 0 radical (unpaired) electrons. The van der Waals surface area contributed by atoms with Crippen molar-refractivity contribution < 1.29 is 95.8 Å². The quantitative estimate of drug-likeness (QED) is 0.172. The summed E-state index contributed by atoms with van der Waals surface area (Å²) in [6.45, 7) is 3.86. The van der Waals surface area contributed by atoms with Gasteiger partial charge in [0, 0.05) is 24.4 Å². The largest absolute Gasteiger partial charge is 1.00 e. The van der Waals surface area contributed by atoms with Crippen LogP contribution in [0.2, 0.25) is 0 Å². The molecule has 0 aromatic rings. The number of rotatable bonds is 7. The molecule has 14 heteroatoms. The first-order valence-corrected chi connectivity index (χ1v) is 9.59. The van der Waals surface area contributed by atoms with Crippen molar-refractivity contribution in [3.8, 4) is 0 Å². The van der Waals surface area contributed by atoms with Crippen LogP contribution >= 0.6 is 11.8 Å². The van der Waals surface area contributed by atoms with Gasteiger partial charge in [0.15, 0.2) is 0 Å². The number of β-lactam (4-membered cyclic amide) rings is 1. The predicted octanol–water partition coefficient (Wildman–Crippen LogP) is -7.22. The second-order valence-corrected chi connectivity index (χ2v) is 8.22. The SMILES string of the molecule is CC(=O)N/C=C/SC1=C(C(=O)[O-])N2C(=O)[C@@H](C(C)(C)OS(=O)(=O)[O-])[C@H]2C1.[Na+].[Na+]. The van der Waals surface area contributed by atoms with Crippen LogP contribution in [0.1, 0.15) is 27.2 Å². The van der Waals surface area contributed by atoms with E-state index in [-0.39, 0.29) is 77.1 Å². The van der Waals surface area contributed by atoms with Gasteiger partial charge in [0.25, 0.3) is 0 Å². The van der Waals surface area contributed by atoms with E-state index in [2.05, 4.69) is 9.50 Å². The topological polar surface area (TPSA) is 156 Å². The molecule has 28 heavy (non-hydrogen) atoms. The van der Waals surface area contributed by atoms with Gasteiger partial charge >= 0.3 is 59.1 Å². The summed E-state index contributed by atoms with van der Waals surface area (Å²) in [6.07, 6.45) is 1.44. The number of hydrogen-bond donors (Lipinski definition) is 1. The molecule has 0 saturated carbocycles. The Labute approximate surface area is 211 Å². The summed E-state index contributed by atoms with van der Waals surface area (Å²) in [5, 5.41) is 15.3. The van der Waals surface area contributed by atoms with Crippen molar-refractivity contribution in [2.75, 3.05) is 0 Å². The van der Waals surface area contributed by atoms with Crippen LogP contribution in [0.25, 0.3) is 0 Å². The van der Waals surface area contributed by atoms with E-state index >= 15 is 0 Å². The van der Waals surface area contributed by atoms with E-state index in [4.69, 9.17) is 0 Å². The molecule has 0 unspecified atom stereocenters. The Balaban J connectivity index is 0.00000364. The zero-order valence-electron chi connectivity index (χ0n) is 16.0. The molecule has 2 rings (SSSR count). The van der Waals surface area contributed by atoms with E-state index in [0.717, 1.165) is 16.7 Å². The molecular weight excluding hydrogens is 434 g/mol. The second-order valence-electron chi connectivity index (χ2n) is 6.23. The monoisotopic (exact) mass is 450 g/mol. The number of nitrogens with zero attached hydrogens (tertiary/aromatic N) is 1. The fraction of sp³-hybridized carbons (Fsp3) is 0.500. The number of carboxylic acid groups (broad SMARTS) is 1. The maximum Gasteiger partial charge on any atom is 1.00 e. The zero-order valence-corrected chi connectivity index (χ0v) is 21.7. The summed E-state index contributed by atoms with van der Waals surface area (Å²) >= 11 is 0.987. The minimum atomic E-state index is -5.04. The average molecular weight is 450 g/mol. The van der Waals surface area contributed by atoms with Gasteiger partial charge in [-0.25, -0.2) is 8.42 Å². The van der Waals surface area contributed by atoms with E-state index in [0.29, 0.717) is 4.91 Å². The van der Waals surface area contributed by atoms with E-state index in [9.17, 15) is 32.5 Å². The molecule has 2 aliphatic rings. The van der Waals surface area contributed by atoms with Gasteiger partial charge in [0.2, 0.25) is 22.2 Å². The molecule has 1 saturated heterocycles. The first kappa shape index (κ1) is 28.1. The third-order valence-electron chi connectivity index (χ3n) is 3.94. The Kier molecular flexibility index (Phi) is 10.5. The van der Waals surface area contributed by atoms with Gasteiger partial charge < -0.3 is 24.7 Å². The van der Waals surface area contributed by atoms with Gasteiger partial charge in [-0.05, 0) is 19.3 Å². The van der Waals surface area contributed by atoms with Crippen molar-refractivity contribution in [2.24, 2.45) is 5.92 Å². The molecule has 2 amide bonds. The minimum absolute atomic E-state index is 0. The van der Waals surface area contributed by atoms with E-state index < -0.39 is 39.8 Å². The number of carboxylic acids is 1. The molecule has 0 spiro atoms. The number of thioether (sulfide) groups is 1. The fourth-order valence-electron chi connectivity index (χ4n) is 3.11. The van der Waals surface area contributed by atoms with Gasteiger partial charge in [0.05, 0.1) is 29.2 Å². The van der Waals surface area contributed by atoms with Crippen molar-refractivity contribution in [1.29, 1.82) is 0 Å². The average Bonchev–Trinajstić information content (AvgIpc) is 2.74. The standard InChI is InChI=1S/C14H18N2O8S2.2Na/c1-7(17)15-4-5-25-9-6-8-10(14(2,3)24-26(21,22)23)12(18)16(8)11(9)13(19)20;;/h4-5,8,10H,6H2,1-3H3,(H,15,17)(H,19,20)(H,21,22,23);;/q;2*+1/p-2/b5-4+;;/t8-,10+;;/m1../s1. The number of hydrogen-bond acceptors (Lipinski definition) is 9. The third-order valence-corrected chi connectivity index (χ3v) is 5.49. The van der Waals surface area contributed by atoms with Crippen molar-refractivity contribution in [1.82, 2.24) is 10.2 Å². The number of fused-ring (bicyclic) bond motifs is 1. The Morgan fingerprint density at radius 1 is 1.36 bits per heavy atom. The normalized spacial score (nSPS) is 21.6. The van der Waals surface area contributed by atoms with Crippen molar-refractivity contribution >= 4 is 39.9 Å². The van der Waals surface area contributed by atoms with Crippen LogP contribution in [-0.4, -0.2) is 47.3 Å². The molecule has 1 fully saturated rings. The number of nitrogens with one attached hydrogen (secondary N) is 1. The molecule has 2 heterocycles. The molecule has 0 aliphatic carbocycles. The van der Waals surface area contributed by atoms with Gasteiger partial charge in [-0.1, -0.05) is 11.8 Å². The molecule has 2 atom stereocenters. The Morgan fingerprint density at radius 2 is 1.93 bits per heavy atom. The van der Waals surface area contributed by atoms with Crippen molar-refractivity contribution in [3.05, 3.63) is 22.2 Å². The second kappa shape index (κ2) is 10.4. The Hall–Kier alpha value is 0.110. The van der Waals surface area contributed by atoms with Crippen LogP contribution in [0.5, 0.6) is 0 Å². The van der Waals surface area contributed by atoms with Crippen LogP contribution in [0.4, 0.5) is 0 Å². The van der Waals surface area contributed by atoms with Crippen LogP contribution in [0, 0.1) is 5.92 Å². The Bertz CT molecular complexity index is 825. The summed E-state index contributed by atoms with van der Waals surface area (Å²) in [7, 11) is -5.04. The van der Waals surface area contributed by atoms with Gasteiger partial charge in [-0.2, -0.15) is 0 Å². The molecular formula is C14H16N2Na2O8S2.